The third-order valence-electron chi connectivity index (χ3n) is 5.87. The van der Waals surface area contributed by atoms with Crippen LogP contribution in [0.5, 0.6) is 5.75 Å². The highest BCUT2D eigenvalue weighted by molar-refractivity contribution is 7.16. The summed E-state index contributed by atoms with van der Waals surface area (Å²) in [5, 5.41) is 20.2. The van der Waals surface area contributed by atoms with Crippen LogP contribution in [0.2, 0.25) is 0 Å². The molecule has 3 aromatic rings. The third-order valence-corrected chi connectivity index (χ3v) is 7.00. The number of fused-ring (bicyclic) bond motifs is 1. The van der Waals surface area contributed by atoms with Crippen LogP contribution < -0.4 is 15.4 Å². The van der Waals surface area contributed by atoms with E-state index in [1.54, 1.807) is 22.9 Å². The number of nitriles is 1. The average molecular weight is 479 g/mol. The van der Waals surface area contributed by atoms with Crippen molar-refractivity contribution in [1.82, 2.24) is 20.0 Å². The van der Waals surface area contributed by atoms with E-state index in [4.69, 9.17) is 4.74 Å². The first-order valence-electron chi connectivity index (χ1n) is 11.0. The molecule has 176 valence electrons. The van der Waals surface area contributed by atoms with Gasteiger partial charge in [0.25, 0.3) is 0 Å². The number of ether oxygens (including phenoxy) is 1. The molecular weight excluding hydrogens is 452 g/mol. The molecule has 1 aromatic carbocycles. The Bertz CT molecular complexity index is 1240. The van der Waals surface area contributed by atoms with Crippen molar-refractivity contribution >= 4 is 28.3 Å². The number of para-hydroxylation sites is 1. The molecule has 0 saturated carbocycles. The van der Waals surface area contributed by atoms with E-state index in [-0.39, 0.29) is 18.4 Å². The molecule has 0 unspecified atom stereocenters. The van der Waals surface area contributed by atoms with Crippen LogP contribution in [0.25, 0.3) is 0 Å². The molecule has 0 atom stereocenters. The van der Waals surface area contributed by atoms with Crippen molar-refractivity contribution in [1.29, 1.82) is 5.26 Å². The van der Waals surface area contributed by atoms with Crippen LogP contribution in [-0.2, 0) is 37.8 Å². The van der Waals surface area contributed by atoms with Gasteiger partial charge in [-0.25, -0.2) is 4.79 Å². The second-order valence-corrected chi connectivity index (χ2v) is 9.06. The third kappa shape index (κ3) is 5.05. The van der Waals surface area contributed by atoms with Gasteiger partial charge in [0.15, 0.2) is 0 Å². The van der Waals surface area contributed by atoms with Gasteiger partial charge in [0, 0.05) is 31.1 Å². The van der Waals surface area contributed by atoms with Crippen LogP contribution in [0.15, 0.2) is 36.5 Å². The molecule has 4 rings (SSSR count). The Morgan fingerprint density at radius 3 is 2.85 bits per heavy atom. The summed E-state index contributed by atoms with van der Waals surface area (Å²) in [5.41, 5.74) is 3.29. The maximum atomic E-state index is 12.7. The highest BCUT2D eigenvalue weighted by atomic mass is 32.1. The van der Waals surface area contributed by atoms with E-state index < -0.39 is 0 Å². The number of nitrogens with one attached hydrogen (secondary N) is 2. The van der Waals surface area contributed by atoms with Gasteiger partial charge in [0.05, 0.1) is 31.5 Å². The lowest BCUT2D eigenvalue weighted by atomic mass is 10.0. The Labute approximate surface area is 201 Å². The number of benzene rings is 1. The van der Waals surface area contributed by atoms with E-state index in [2.05, 4.69) is 21.8 Å². The largest absolute Gasteiger partial charge is 0.496 e. The molecule has 2 N–H and O–H groups in total. The van der Waals surface area contributed by atoms with Crippen molar-refractivity contribution in [3.63, 3.8) is 0 Å². The number of hydrogen-bond donors (Lipinski definition) is 2. The van der Waals surface area contributed by atoms with Crippen LogP contribution in [0.3, 0.4) is 0 Å². The van der Waals surface area contributed by atoms with Crippen LogP contribution in [0, 0.1) is 11.3 Å². The van der Waals surface area contributed by atoms with Crippen molar-refractivity contribution in [2.75, 3.05) is 19.0 Å². The number of methoxy groups -OCH3 is 1. The maximum absolute atomic E-state index is 12.7. The summed E-state index contributed by atoms with van der Waals surface area (Å²) in [5.74, 6) is 0.591. The summed E-state index contributed by atoms with van der Waals surface area (Å²) in [4.78, 5) is 28.0. The number of rotatable bonds is 7. The SMILES string of the molecule is COc1ccccc1CCC(=O)Nc1sc2c(c1C#N)CCN(C(=O)NCc1ccnn1C)C2. The molecule has 9 nitrogen and oxygen atoms in total. The van der Waals surface area contributed by atoms with Crippen LogP contribution in [0.1, 0.15) is 33.7 Å². The fraction of sp³-hybridized carbons (Fsp3) is 0.333. The summed E-state index contributed by atoms with van der Waals surface area (Å²) in [6.45, 7) is 1.31. The topological polar surface area (TPSA) is 112 Å². The minimum absolute atomic E-state index is 0.160. The number of aryl methyl sites for hydroxylation is 2. The lowest BCUT2D eigenvalue weighted by Crippen LogP contribution is -2.42. The second-order valence-electron chi connectivity index (χ2n) is 7.96. The van der Waals surface area contributed by atoms with Gasteiger partial charge in [-0.15, -0.1) is 11.3 Å². The molecule has 0 bridgehead atoms. The van der Waals surface area contributed by atoms with Gasteiger partial charge >= 0.3 is 6.03 Å². The zero-order valence-corrected chi connectivity index (χ0v) is 19.9. The molecule has 0 fully saturated rings. The molecule has 3 heterocycles. The fourth-order valence-corrected chi connectivity index (χ4v) is 5.21. The molecular formula is C24H26N6O3S. The molecule has 0 spiro atoms. The highest BCUT2D eigenvalue weighted by Crippen LogP contribution is 2.36. The molecule has 0 saturated heterocycles. The quantitative estimate of drug-likeness (QED) is 0.542. The van der Waals surface area contributed by atoms with Crippen molar-refractivity contribution in [2.24, 2.45) is 7.05 Å². The van der Waals surface area contributed by atoms with E-state index in [1.165, 1.54) is 11.3 Å². The Hall–Kier alpha value is -3.84. The van der Waals surface area contributed by atoms with Gasteiger partial charge in [-0.05, 0) is 36.1 Å². The van der Waals surface area contributed by atoms with Crippen molar-refractivity contribution in [3.05, 3.63) is 63.8 Å². The first-order valence-corrected chi connectivity index (χ1v) is 11.8. The fourth-order valence-electron chi connectivity index (χ4n) is 3.98. The number of hydrogen-bond acceptors (Lipinski definition) is 6. The summed E-state index contributed by atoms with van der Waals surface area (Å²) in [7, 11) is 3.44. The molecule has 0 radical (unpaired) electrons. The van der Waals surface area contributed by atoms with Crippen molar-refractivity contribution < 1.29 is 14.3 Å². The minimum Gasteiger partial charge on any atom is -0.496 e. The summed E-state index contributed by atoms with van der Waals surface area (Å²) in [6, 6.07) is 11.5. The Kier molecular flexibility index (Phi) is 7.13. The van der Waals surface area contributed by atoms with Crippen molar-refractivity contribution in [3.8, 4) is 11.8 Å². The Balaban J connectivity index is 1.38. The minimum atomic E-state index is -0.166. The standard InChI is InChI=1S/C24H26N6O3S/c1-29-17(9-11-27-29)14-26-24(32)30-12-10-18-19(13-25)23(34-21(18)15-30)28-22(31)8-7-16-5-3-4-6-20(16)33-2/h3-6,9,11H,7-8,10,12,14-15H2,1-2H3,(H,26,32)(H,28,31). The number of thiophene rings is 1. The lowest BCUT2D eigenvalue weighted by Gasteiger charge is -2.27. The van der Waals surface area contributed by atoms with Crippen molar-refractivity contribution in [2.45, 2.75) is 32.4 Å². The summed E-state index contributed by atoms with van der Waals surface area (Å²) < 4.78 is 7.06. The number of aromatic nitrogens is 2. The predicted molar refractivity (Wildman–Crippen MR) is 129 cm³/mol. The summed E-state index contributed by atoms with van der Waals surface area (Å²) in [6.07, 6.45) is 3.07. The molecule has 1 aliphatic rings. The lowest BCUT2D eigenvalue weighted by molar-refractivity contribution is -0.116. The van der Waals surface area contributed by atoms with E-state index in [1.807, 2.05) is 37.4 Å². The predicted octanol–water partition coefficient (Wildman–Crippen LogP) is 3.20. The van der Waals surface area contributed by atoms with Gasteiger partial charge in [-0.3, -0.25) is 9.48 Å². The number of carbonyl (C=O) groups excluding carboxylic acids is 2. The van der Waals surface area contributed by atoms with Crippen LogP contribution in [0.4, 0.5) is 9.80 Å². The number of anilines is 1. The van der Waals surface area contributed by atoms with E-state index in [9.17, 15) is 14.9 Å². The van der Waals surface area contributed by atoms with Gasteiger partial charge in [-0.2, -0.15) is 10.4 Å². The molecule has 34 heavy (non-hydrogen) atoms. The zero-order valence-electron chi connectivity index (χ0n) is 19.1. The zero-order chi connectivity index (χ0) is 24.1. The van der Waals surface area contributed by atoms with Gasteiger partial charge < -0.3 is 20.3 Å². The molecule has 3 amide bonds. The highest BCUT2D eigenvalue weighted by Gasteiger charge is 2.27. The molecule has 2 aromatic heterocycles. The average Bonchev–Trinajstić information content (AvgIpc) is 3.42. The van der Waals surface area contributed by atoms with Gasteiger partial charge in [0.2, 0.25) is 5.91 Å². The monoisotopic (exact) mass is 478 g/mol. The first kappa shape index (κ1) is 23.3. The normalized spacial score (nSPS) is 12.6. The summed E-state index contributed by atoms with van der Waals surface area (Å²) >= 11 is 1.37. The molecule has 0 aliphatic carbocycles. The maximum Gasteiger partial charge on any atom is 0.318 e. The van der Waals surface area contributed by atoms with E-state index in [0.29, 0.717) is 43.0 Å². The smallest absolute Gasteiger partial charge is 0.318 e. The number of carbonyl (C=O) groups is 2. The number of amides is 3. The Morgan fingerprint density at radius 2 is 2.12 bits per heavy atom. The molecule has 1 aliphatic heterocycles. The van der Waals surface area contributed by atoms with Gasteiger partial charge in [-0.1, -0.05) is 18.2 Å². The second kappa shape index (κ2) is 10.4. The number of urea groups is 1. The molecule has 10 heteroatoms. The Morgan fingerprint density at radius 1 is 1.29 bits per heavy atom. The van der Waals surface area contributed by atoms with E-state index in [0.717, 1.165) is 27.4 Å². The van der Waals surface area contributed by atoms with E-state index >= 15 is 0 Å². The van der Waals surface area contributed by atoms with Crippen LogP contribution >= 0.6 is 11.3 Å². The number of nitrogens with zero attached hydrogens (tertiary/aromatic N) is 4. The van der Waals surface area contributed by atoms with Crippen LogP contribution in [-0.4, -0.2) is 40.3 Å². The van der Waals surface area contributed by atoms with Gasteiger partial charge in [0.1, 0.15) is 16.8 Å². The first-order chi connectivity index (χ1) is 16.5.